The third-order valence-corrected chi connectivity index (χ3v) is 4.72. The maximum absolute atomic E-state index is 9.95. The molecule has 0 amide bonds. The van der Waals surface area contributed by atoms with Crippen LogP contribution in [0.15, 0.2) is 16.8 Å². The Hall–Kier alpha value is -0.340. The van der Waals surface area contributed by atoms with Crippen LogP contribution in [0.25, 0.3) is 0 Å². The normalized spacial score (nSPS) is 12.7. The molecule has 0 aromatic carbocycles. The fourth-order valence-electron chi connectivity index (χ4n) is 2.60. The second-order valence-corrected chi connectivity index (χ2v) is 6.72. The minimum atomic E-state index is -0.0977. The number of hydrogen-bond acceptors (Lipinski definition) is 2. The zero-order valence-corrected chi connectivity index (χ0v) is 14.0. The van der Waals surface area contributed by atoms with Crippen molar-refractivity contribution in [2.45, 2.75) is 90.1 Å². The molecule has 1 atom stereocenters. The molecule has 1 aromatic heterocycles. The predicted octanol–water partition coefficient (Wildman–Crippen LogP) is 5.96. The van der Waals surface area contributed by atoms with E-state index in [1.54, 1.807) is 11.3 Å². The number of rotatable bonds is 13. The first-order valence-electron chi connectivity index (χ1n) is 8.52. The van der Waals surface area contributed by atoms with Crippen molar-refractivity contribution in [2.24, 2.45) is 0 Å². The van der Waals surface area contributed by atoms with Crippen molar-refractivity contribution in [3.8, 4) is 0 Å². The van der Waals surface area contributed by atoms with Crippen molar-refractivity contribution in [2.75, 3.05) is 0 Å². The van der Waals surface area contributed by atoms with Crippen LogP contribution in [0.3, 0.4) is 0 Å². The lowest BCUT2D eigenvalue weighted by Gasteiger charge is -2.09. The van der Waals surface area contributed by atoms with Crippen molar-refractivity contribution in [1.82, 2.24) is 0 Å². The number of aliphatic hydroxyl groups excluding tert-OH is 1. The maximum Gasteiger partial charge on any atom is 0.0543 e. The molecule has 1 unspecified atom stereocenters. The van der Waals surface area contributed by atoms with Gasteiger partial charge in [0, 0.05) is 0 Å². The summed E-state index contributed by atoms with van der Waals surface area (Å²) < 4.78 is 0. The average molecular weight is 297 g/mol. The molecule has 0 aliphatic heterocycles. The molecule has 0 bridgehead atoms. The molecule has 1 nitrogen and oxygen atoms in total. The van der Waals surface area contributed by atoms with Crippen molar-refractivity contribution in [3.05, 3.63) is 22.4 Å². The fraction of sp³-hybridized carbons (Fsp3) is 0.778. The van der Waals surface area contributed by atoms with Gasteiger partial charge < -0.3 is 5.11 Å². The molecule has 1 aromatic rings. The van der Waals surface area contributed by atoms with Gasteiger partial charge in [-0.1, -0.05) is 64.7 Å². The van der Waals surface area contributed by atoms with Crippen molar-refractivity contribution in [3.63, 3.8) is 0 Å². The number of thiophene rings is 1. The van der Waals surface area contributed by atoms with Crippen molar-refractivity contribution < 1.29 is 5.11 Å². The third-order valence-electron chi connectivity index (χ3n) is 3.99. The minimum Gasteiger partial charge on any atom is -0.393 e. The Morgan fingerprint density at radius 3 is 2.20 bits per heavy atom. The number of aliphatic hydroxyl groups is 1. The van der Waals surface area contributed by atoms with Gasteiger partial charge in [0.05, 0.1) is 6.10 Å². The van der Waals surface area contributed by atoms with Gasteiger partial charge in [0.1, 0.15) is 0 Å². The zero-order chi connectivity index (χ0) is 14.5. The summed E-state index contributed by atoms with van der Waals surface area (Å²) in [7, 11) is 0. The first-order chi connectivity index (χ1) is 9.83. The Morgan fingerprint density at radius 1 is 0.950 bits per heavy atom. The fourth-order valence-corrected chi connectivity index (χ4v) is 3.31. The molecule has 0 aliphatic rings. The zero-order valence-electron chi connectivity index (χ0n) is 13.2. The van der Waals surface area contributed by atoms with Crippen LogP contribution < -0.4 is 0 Å². The molecule has 2 heteroatoms. The van der Waals surface area contributed by atoms with Gasteiger partial charge in [-0.25, -0.2) is 0 Å². The molecule has 1 rings (SSSR count). The Balaban J connectivity index is 1.83. The first kappa shape index (κ1) is 17.7. The van der Waals surface area contributed by atoms with Gasteiger partial charge in [-0.05, 0) is 41.7 Å². The number of aryl methyl sites for hydroxylation is 1. The van der Waals surface area contributed by atoms with Gasteiger partial charge in [-0.15, -0.1) is 0 Å². The molecule has 0 saturated carbocycles. The van der Waals surface area contributed by atoms with Crippen molar-refractivity contribution >= 4 is 11.3 Å². The van der Waals surface area contributed by atoms with Gasteiger partial charge in [-0.3, -0.25) is 0 Å². The van der Waals surface area contributed by atoms with Gasteiger partial charge >= 0.3 is 0 Å². The van der Waals surface area contributed by atoms with Crippen molar-refractivity contribution in [1.29, 1.82) is 0 Å². The summed E-state index contributed by atoms with van der Waals surface area (Å²) in [5, 5.41) is 14.3. The van der Waals surface area contributed by atoms with E-state index in [4.69, 9.17) is 0 Å². The van der Waals surface area contributed by atoms with Crippen LogP contribution in [0.2, 0.25) is 0 Å². The van der Waals surface area contributed by atoms with Crippen LogP contribution in [-0.2, 0) is 6.42 Å². The molecular weight excluding hydrogens is 264 g/mol. The monoisotopic (exact) mass is 296 g/mol. The largest absolute Gasteiger partial charge is 0.393 e. The summed E-state index contributed by atoms with van der Waals surface area (Å²) in [6.45, 7) is 2.27. The van der Waals surface area contributed by atoms with Crippen LogP contribution in [-0.4, -0.2) is 11.2 Å². The predicted molar refractivity (Wildman–Crippen MR) is 90.5 cm³/mol. The molecule has 0 spiro atoms. The molecule has 1 N–H and O–H groups in total. The molecule has 1 heterocycles. The highest BCUT2D eigenvalue weighted by atomic mass is 32.1. The average Bonchev–Trinajstić information content (AvgIpc) is 2.96. The lowest BCUT2D eigenvalue weighted by atomic mass is 10.0. The Bertz CT molecular complexity index is 294. The van der Waals surface area contributed by atoms with Crippen LogP contribution in [0.4, 0.5) is 0 Å². The molecule has 0 fully saturated rings. The Morgan fingerprint density at radius 2 is 1.60 bits per heavy atom. The van der Waals surface area contributed by atoms with E-state index >= 15 is 0 Å². The van der Waals surface area contributed by atoms with Gasteiger partial charge in [-0.2, -0.15) is 11.3 Å². The topological polar surface area (TPSA) is 20.2 Å². The molecule has 0 radical (unpaired) electrons. The van der Waals surface area contributed by atoms with Gasteiger partial charge in [0.25, 0.3) is 0 Å². The number of hydrogen-bond donors (Lipinski definition) is 1. The first-order valence-corrected chi connectivity index (χ1v) is 9.46. The number of unbranched alkanes of at least 4 members (excludes halogenated alkanes) is 8. The van der Waals surface area contributed by atoms with Gasteiger partial charge in [0.2, 0.25) is 0 Å². The molecule has 0 aliphatic carbocycles. The highest BCUT2D eigenvalue weighted by Crippen LogP contribution is 2.14. The van der Waals surface area contributed by atoms with Crippen LogP contribution in [0, 0.1) is 0 Å². The van der Waals surface area contributed by atoms with E-state index in [0.29, 0.717) is 0 Å². The molecule has 20 heavy (non-hydrogen) atoms. The second-order valence-electron chi connectivity index (χ2n) is 5.94. The van der Waals surface area contributed by atoms with Crippen LogP contribution >= 0.6 is 11.3 Å². The molecule has 0 saturated heterocycles. The summed E-state index contributed by atoms with van der Waals surface area (Å²) in [4.78, 5) is 0. The van der Waals surface area contributed by atoms with Crippen LogP contribution in [0.5, 0.6) is 0 Å². The van der Waals surface area contributed by atoms with E-state index < -0.39 is 0 Å². The Labute approximate surface area is 129 Å². The van der Waals surface area contributed by atoms with Gasteiger partial charge in [0.15, 0.2) is 0 Å². The smallest absolute Gasteiger partial charge is 0.0543 e. The third kappa shape index (κ3) is 9.55. The minimum absolute atomic E-state index is 0.0977. The summed E-state index contributed by atoms with van der Waals surface area (Å²) in [6.07, 6.45) is 15.0. The van der Waals surface area contributed by atoms with E-state index in [-0.39, 0.29) is 6.10 Å². The summed E-state index contributed by atoms with van der Waals surface area (Å²) >= 11 is 1.74. The van der Waals surface area contributed by atoms with Crippen LogP contribution in [0.1, 0.15) is 83.1 Å². The summed E-state index contributed by atoms with van der Waals surface area (Å²) in [5.41, 5.74) is 1.38. The van der Waals surface area contributed by atoms with E-state index in [1.165, 1.54) is 63.4 Å². The quantitative estimate of drug-likeness (QED) is 0.445. The standard InChI is InChI=1S/C18H32OS/c1-2-3-4-5-6-7-8-9-10-11-18(19)13-12-17-14-15-20-16-17/h14-16,18-19H,2-13H2,1H3. The summed E-state index contributed by atoms with van der Waals surface area (Å²) in [5.74, 6) is 0. The SMILES string of the molecule is CCCCCCCCCCCC(O)CCc1ccsc1. The lowest BCUT2D eigenvalue weighted by molar-refractivity contribution is 0.151. The highest BCUT2D eigenvalue weighted by molar-refractivity contribution is 7.07. The Kier molecular flexibility index (Phi) is 11.0. The van der Waals surface area contributed by atoms with E-state index in [0.717, 1.165) is 19.3 Å². The molecular formula is C18H32OS. The maximum atomic E-state index is 9.95. The van der Waals surface area contributed by atoms with E-state index in [1.807, 2.05) is 0 Å². The lowest BCUT2D eigenvalue weighted by Crippen LogP contribution is -2.07. The highest BCUT2D eigenvalue weighted by Gasteiger charge is 2.04. The van der Waals surface area contributed by atoms with E-state index in [2.05, 4.69) is 23.8 Å². The molecule has 116 valence electrons. The second kappa shape index (κ2) is 12.4. The van der Waals surface area contributed by atoms with E-state index in [9.17, 15) is 5.11 Å². The summed E-state index contributed by atoms with van der Waals surface area (Å²) in [6, 6.07) is 2.16.